The Labute approximate surface area is 74.9 Å². The van der Waals surface area contributed by atoms with Crippen LogP contribution < -0.4 is 11.5 Å². The van der Waals surface area contributed by atoms with Gasteiger partial charge in [-0.25, -0.2) is 0 Å². The van der Waals surface area contributed by atoms with Gasteiger partial charge in [0.1, 0.15) is 0 Å². The molecule has 0 bridgehead atoms. The summed E-state index contributed by atoms with van der Waals surface area (Å²) in [6, 6.07) is -0.192. The van der Waals surface area contributed by atoms with E-state index in [9.17, 15) is 0 Å². The smallest absolute Gasteiger partial charge is 0.260 e. The molecule has 1 unspecified atom stereocenters. The highest BCUT2D eigenvalue weighted by atomic mass is 32.2. The van der Waals surface area contributed by atoms with Crippen LogP contribution in [0.25, 0.3) is 0 Å². The fourth-order valence-corrected chi connectivity index (χ4v) is 1.26. The standard InChI is InChI=1S/C6H12N4OS/c1-12-3-2-4(7)5-9-6(8)10-11-5/h4H,2-3,7H2,1H3,(H2,8,10). The first-order valence-corrected chi connectivity index (χ1v) is 4.97. The molecule has 1 aromatic heterocycles. The number of thioether (sulfide) groups is 1. The van der Waals surface area contributed by atoms with Crippen molar-refractivity contribution in [3.63, 3.8) is 0 Å². The maximum Gasteiger partial charge on any atom is 0.260 e. The summed E-state index contributed by atoms with van der Waals surface area (Å²) in [5.74, 6) is 1.54. The molecule has 0 amide bonds. The molecule has 0 aliphatic carbocycles. The van der Waals surface area contributed by atoms with Gasteiger partial charge in [0.05, 0.1) is 6.04 Å². The van der Waals surface area contributed by atoms with Crippen LogP contribution in [0.1, 0.15) is 18.4 Å². The molecule has 0 aliphatic heterocycles. The summed E-state index contributed by atoms with van der Waals surface area (Å²) in [5.41, 5.74) is 11.0. The second-order valence-corrected chi connectivity index (χ2v) is 3.36. The minimum atomic E-state index is -0.192. The van der Waals surface area contributed by atoms with Crippen LogP contribution in [0.2, 0.25) is 0 Å². The van der Waals surface area contributed by atoms with Crippen LogP contribution in [0.4, 0.5) is 5.95 Å². The molecule has 0 aliphatic rings. The van der Waals surface area contributed by atoms with Gasteiger partial charge in [-0.1, -0.05) is 0 Å². The van der Waals surface area contributed by atoms with Gasteiger partial charge in [-0.2, -0.15) is 16.7 Å². The topological polar surface area (TPSA) is 91.0 Å². The highest BCUT2D eigenvalue weighted by Crippen LogP contribution is 2.13. The predicted octanol–water partition coefficient (Wildman–Crippen LogP) is 0.405. The zero-order valence-electron chi connectivity index (χ0n) is 6.86. The van der Waals surface area contributed by atoms with E-state index in [1.807, 2.05) is 6.26 Å². The van der Waals surface area contributed by atoms with Gasteiger partial charge in [-0.3, -0.25) is 0 Å². The normalized spacial score (nSPS) is 13.2. The quantitative estimate of drug-likeness (QED) is 0.711. The van der Waals surface area contributed by atoms with Crippen LogP contribution in [0.5, 0.6) is 0 Å². The van der Waals surface area contributed by atoms with Crippen molar-refractivity contribution >= 4 is 17.7 Å². The SMILES string of the molecule is CSCCC(N)c1nc(N)no1. The van der Waals surface area contributed by atoms with Gasteiger partial charge >= 0.3 is 0 Å². The summed E-state index contributed by atoms with van der Waals surface area (Å²) < 4.78 is 4.80. The Hall–Kier alpha value is -0.750. The first-order chi connectivity index (χ1) is 5.74. The molecular weight excluding hydrogens is 176 g/mol. The second kappa shape index (κ2) is 4.32. The predicted molar refractivity (Wildman–Crippen MR) is 48.6 cm³/mol. The maximum absolute atomic E-state index is 5.73. The highest BCUT2D eigenvalue weighted by Gasteiger charge is 2.12. The Morgan fingerprint density at radius 2 is 2.42 bits per heavy atom. The average Bonchev–Trinajstić information content (AvgIpc) is 2.47. The van der Waals surface area contributed by atoms with E-state index in [1.165, 1.54) is 0 Å². The molecule has 4 N–H and O–H groups in total. The van der Waals surface area contributed by atoms with Crippen molar-refractivity contribution in [3.8, 4) is 0 Å². The largest absolute Gasteiger partial charge is 0.365 e. The van der Waals surface area contributed by atoms with E-state index >= 15 is 0 Å². The zero-order chi connectivity index (χ0) is 8.97. The van der Waals surface area contributed by atoms with Crippen molar-refractivity contribution in [1.82, 2.24) is 10.1 Å². The molecule has 6 heteroatoms. The Morgan fingerprint density at radius 1 is 1.67 bits per heavy atom. The lowest BCUT2D eigenvalue weighted by molar-refractivity contribution is 0.353. The third kappa shape index (κ3) is 2.38. The Kier molecular flexibility index (Phi) is 3.36. The molecule has 0 spiro atoms. The Balaban J connectivity index is 2.47. The molecule has 0 aromatic carbocycles. The first kappa shape index (κ1) is 9.34. The molecule has 5 nitrogen and oxygen atoms in total. The molecule has 1 aromatic rings. The number of nitrogens with zero attached hydrogens (tertiary/aromatic N) is 2. The summed E-state index contributed by atoms with van der Waals surface area (Å²) >= 11 is 1.73. The molecule has 1 heterocycles. The monoisotopic (exact) mass is 188 g/mol. The maximum atomic E-state index is 5.73. The van der Waals surface area contributed by atoms with Crippen LogP contribution >= 0.6 is 11.8 Å². The van der Waals surface area contributed by atoms with Gasteiger partial charge < -0.3 is 16.0 Å². The number of hydrogen-bond donors (Lipinski definition) is 2. The van der Waals surface area contributed by atoms with E-state index in [4.69, 9.17) is 16.0 Å². The number of nitrogens with two attached hydrogens (primary N) is 2. The van der Waals surface area contributed by atoms with E-state index in [2.05, 4.69) is 10.1 Å². The lowest BCUT2D eigenvalue weighted by Gasteiger charge is -2.03. The van der Waals surface area contributed by atoms with E-state index in [1.54, 1.807) is 11.8 Å². The number of hydrogen-bond acceptors (Lipinski definition) is 6. The first-order valence-electron chi connectivity index (χ1n) is 3.57. The van der Waals surface area contributed by atoms with Crippen LogP contribution in [-0.2, 0) is 0 Å². The molecule has 1 rings (SSSR count). The lowest BCUT2D eigenvalue weighted by atomic mass is 10.2. The van der Waals surface area contributed by atoms with Gasteiger partial charge in [-0.05, 0) is 23.6 Å². The van der Waals surface area contributed by atoms with Crippen molar-refractivity contribution < 1.29 is 4.52 Å². The molecule has 0 saturated carbocycles. The van der Waals surface area contributed by atoms with Gasteiger partial charge in [0, 0.05) is 0 Å². The van der Waals surface area contributed by atoms with E-state index in [0.717, 1.165) is 12.2 Å². The van der Waals surface area contributed by atoms with Gasteiger partial charge in [-0.15, -0.1) is 0 Å². The van der Waals surface area contributed by atoms with Crippen molar-refractivity contribution in [3.05, 3.63) is 5.89 Å². The molecule has 68 valence electrons. The summed E-state index contributed by atoms with van der Waals surface area (Å²) in [4.78, 5) is 3.83. The number of anilines is 1. The van der Waals surface area contributed by atoms with Crippen molar-refractivity contribution in [2.75, 3.05) is 17.7 Å². The summed E-state index contributed by atoms with van der Waals surface area (Å²) in [6.45, 7) is 0. The van der Waals surface area contributed by atoms with E-state index in [0.29, 0.717) is 5.89 Å². The molecule has 0 radical (unpaired) electrons. The molecular formula is C6H12N4OS. The lowest BCUT2D eigenvalue weighted by Crippen LogP contribution is -2.11. The number of rotatable bonds is 4. The van der Waals surface area contributed by atoms with Gasteiger partial charge in [0.15, 0.2) is 0 Å². The third-order valence-corrected chi connectivity index (χ3v) is 2.05. The number of aromatic nitrogens is 2. The van der Waals surface area contributed by atoms with E-state index < -0.39 is 0 Å². The van der Waals surface area contributed by atoms with Crippen LogP contribution in [0.3, 0.4) is 0 Å². The molecule has 0 saturated heterocycles. The Bertz CT molecular complexity index is 239. The summed E-state index contributed by atoms with van der Waals surface area (Å²) in [7, 11) is 0. The summed E-state index contributed by atoms with van der Waals surface area (Å²) in [6.07, 6.45) is 2.84. The second-order valence-electron chi connectivity index (χ2n) is 2.38. The molecule has 12 heavy (non-hydrogen) atoms. The van der Waals surface area contributed by atoms with E-state index in [-0.39, 0.29) is 12.0 Å². The van der Waals surface area contributed by atoms with Gasteiger partial charge in [0.2, 0.25) is 5.89 Å². The van der Waals surface area contributed by atoms with Crippen LogP contribution in [0.15, 0.2) is 4.52 Å². The highest BCUT2D eigenvalue weighted by molar-refractivity contribution is 7.98. The minimum absolute atomic E-state index is 0.143. The van der Waals surface area contributed by atoms with Crippen molar-refractivity contribution in [2.24, 2.45) is 5.73 Å². The third-order valence-electron chi connectivity index (χ3n) is 1.41. The minimum Gasteiger partial charge on any atom is -0.365 e. The molecule has 1 atom stereocenters. The Morgan fingerprint density at radius 3 is 2.92 bits per heavy atom. The molecule has 0 fully saturated rings. The van der Waals surface area contributed by atoms with Crippen molar-refractivity contribution in [1.29, 1.82) is 0 Å². The van der Waals surface area contributed by atoms with Crippen LogP contribution in [-0.4, -0.2) is 22.1 Å². The zero-order valence-corrected chi connectivity index (χ0v) is 7.67. The van der Waals surface area contributed by atoms with Crippen molar-refractivity contribution in [2.45, 2.75) is 12.5 Å². The summed E-state index contributed by atoms with van der Waals surface area (Å²) in [5, 5.41) is 3.45. The average molecular weight is 188 g/mol. The fraction of sp³-hybridized carbons (Fsp3) is 0.667. The van der Waals surface area contributed by atoms with Crippen LogP contribution in [0, 0.1) is 0 Å². The van der Waals surface area contributed by atoms with Gasteiger partial charge in [0.25, 0.3) is 5.95 Å². The fourth-order valence-electron chi connectivity index (χ4n) is 0.766. The number of nitrogen functional groups attached to an aromatic ring is 1.